The molecule has 0 bridgehead atoms. The van der Waals surface area contributed by atoms with Crippen LogP contribution in [0.5, 0.6) is 0 Å². The summed E-state index contributed by atoms with van der Waals surface area (Å²) in [4.78, 5) is 4.88. The van der Waals surface area contributed by atoms with Gasteiger partial charge in [0.15, 0.2) is 0 Å². The molecule has 0 N–H and O–H groups in total. The molecule has 0 spiro atoms. The van der Waals surface area contributed by atoms with E-state index in [9.17, 15) is 0 Å². The highest BCUT2D eigenvalue weighted by molar-refractivity contribution is 5.55. The summed E-state index contributed by atoms with van der Waals surface area (Å²) < 4.78 is 0. The van der Waals surface area contributed by atoms with Crippen LogP contribution in [0.25, 0.3) is 0 Å². The zero-order valence-corrected chi connectivity index (χ0v) is 10.5. The van der Waals surface area contributed by atoms with Crippen LogP contribution >= 0.6 is 0 Å². The first kappa shape index (κ1) is 11.5. The molecule has 1 aliphatic heterocycles. The van der Waals surface area contributed by atoms with Gasteiger partial charge in [0.25, 0.3) is 0 Å². The summed E-state index contributed by atoms with van der Waals surface area (Å²) in [6.07, 6.45) is 0. The minimum atomic E-state index is 0.587. The van der Waals surface area contributed by atoms with Crippen molar-refractivity contribution >= 4 is 5.69 Å². The molecule has 87 valence electrons. The minimum absolute atomic E-state index is 0.587. The normalized spacial score (nSPS) is 18.1. The van der Waals surface area contributed by atoms with Gasteiger partial charge in [0.2, 0.25) is 0 Å². The SMILES string of the molecule is CC(C)c1cc[c]cc1N1CCN(C)CC1. The van der Waals surface area contributed by atoms with Crippen molar-refractivity contribution < 1.29 is 0 Å². The van der Waals surface area contributed by atoms with Crippen LogP contribution in [0, 0.1) is 6.07 Å². The van der Waals surface area contributed by atoms with Crippen molar-refractivity contribution in [2.24, 2.45) is 0 Å². The topological polar surface area (TPSA) is 6.48 Å². The number of benzene rings is 1. The van der Waals surface area contributed by atoms with Gasteiger partial charge in [-0.1, -0.05) is 26.0 Å². The van der Waals surface area contributed by atoms with E-state index in [1.807, 2.05) is 6.07 Å². The Labute approximate surface area is 98.9 Å². The first-order chi connectivity index (χ1) is 7.68. The predicted molar refractivity (Wildman–Crippen MR) is 69.1 cm³/mol. The Hall–Kier alpha value is -1.02. The molecule has 2 nitrogen and oxygen atoms in total. The molecule has 0 atom stereocenters. The van der Waals surface area contributed by atoms with Crippen molar-refractivity contribution in [1.82, 2.24) is 4.90 Å². The van der Waals surface area contributed by atoms with Crippen LogP contribution in [0.15, 0.2) is 18.2 Å². The summed E-state index contributed by atoms with van der Waals surface area (Å²) in [5, 5.41) is 0. The van der Waals surface area contributed by atoms with E-state index in [-0.39, 0.29) is 0 Å². The third kappa shape index (κ3) is 2.38. The van der Waals surface area contributed by atoms with Gasteiger partial charge in [0, 0.05) is 31.9 Å². The quantitative estimate of drug-likeness (QED) is 0.750. The van der Waals surface area contributed by atoms with E-state index in [1.165, 1.54) is 11.3 Å². The van der Waals surface area contributed by atoms with Gasteiger partial charge in [0.05, 0.1) is 0 Å². The number of hydrogen-bond donors (Lipinski definition) is 0. The lowest BCUT2D eigenvalue weighted by Gasteiger charge is -2.35. The van der Waals surface area contributed by atoms with Gasteiger partial charge in [0.1, 0.15) is 0 Å². The van der Waals surface area contributed by atoms with Crippen LogP contribution in [-0.4, -0.2) is 38.1 Å². The Kier molecular flexibility index (Phi) is 3.49. The summed E-state index contributed by atoms with van der Waals surface area (Å²) in [5.41, 5.74) is 2.83. The number of nitrogens with zero attached hydrogens (tertiary/aromatic N) is 2. The van der Waals surface area contributed by atoms with Crippen molar-refractivity contribution in [3.63, 3.8) is 0 Å². The molecule has 1 aromatic rings. The second kappa shape index (κ2) is 4.88. The molecule has 0 aromatic heterocycles. The van der Waals surface area contributed by atoms with E-state index in [1.54, 1.807) is 0 Å². The van der Waals surface area contributed by atoms with Gasteiger partial charge in [-0.2, -0.15) is 0 Å². The molecular weight excluding hydrogens is 196 g/mol. The lowest BCUT2D eigenvalue weighted by atomic mass is 10.00. The molecule has 1 fully saturated rings. The third-order valence-electron chi connectivity index (χ3n) is 3.34. The van der Waals surface area contributed by atoms with E-state index < -0.39 is 0 Å². The highest BCUT2D eigenvalue weighted by Gasteiger charge is 2.17. The maximum atomic E-state index is 3.21. The van der Waals surface area contributed by atoms with Gasteiger partial charge >= 0.3 is 0 Å². The predicted octanol–water partition coefficient (Wildman–Crippen LogP) is 2.36. The fourth-order valence-electron chi connectivity index (χ4n) is 2.24. The van der Waals surface area contributed by atoms with Crippen LogP contribution < -0.4 is 4.90 Å². The first-order valence-corrected chi connectivity index (χ1v) is 6.12. The van der Waals surface area contributed by atoms with E-state index in [0.717, 1.165) is 26.2 Å². The number of piperazine rings is 1. The number of anilines is 1. The van der Waals surface area contributed by atoms with E-state index in [2.05, 4.69) is 48.9 Å². The molecule has 0 aliphatic carbocycles. The van der Waals surface area contributed by atoms with Crippen molar-refractivity contribution in [2.75, 3.05) is 38.1 Å². The molecule has 0 unspecified atom stereocenters. The van der Waals surface area contributed by atoms with Gasteiger partial charge in [-0.05, 0) is 30.7 Å². The van der Waals surface area contributed by atoms with Crippen LogP contribution in [0.3, 0.4) is 0 Å². The molecule has 16 heavy (non-hydrogen) atoms. The maximum Gasteiger partial charge on any atom is 0.0408 e. The van der Waals surface area contributed by atoms with Crippen molar-refractivity contribution in [3.05, 3.63) is 29.8 Å². The zero-order valence-electron chi connectivity index (χ0n) is 10.5. The Morgan fingerprint density at radius 1 is 1.19 bits per heavy atom. The highest BCUT2D eigenvalue weighted by atomic mass is 15.2. The van der Waals surface area contributed by atoms with Gasteiger partial charge in [-0.15, -0.1) is 0 Å². The molecule has 0 saturated carbocycles. The third-order valence-corrected chi connectivity index (χ3v) is 3.34. The summed E-state index contributed by atoms with van der Waals surface area (Å²) >= 11 is 0. The Morgan fingerprint density at radius 2 is 1.88 bits per heavy atom. The molecule has 1 aliphatic rings. The molecule has 1 radical (unpaired) electrons. The largest absolute Gasteiger partial charge is 0.369 e. The second-order valence-corrected chi connectivity index (χ2v) is 4.93. The van der Waals surface area contributed by atoms with Gasteiger partial charge in [-0.25, -0.2) is 0 Å². The van der Waals surface area contributed by atoms with Crippen LogP contribution in [-0.2, 0) is 0 Å². The minimum Gasteiger partial charge on any atom is -0.369 e. The molecule has 0 amide bonds. The average Bonchev–Trinajstić information content (AvgIpc) is 2.30. The number of rotatable bonds is 2. The highest BCUT2D eigenvalue weighted by Crippen LogP contribution is 2.27. The summed E-state index contributed by atoms with van der Waals surface area (Å²) in [5.74, 6) is 0.587. The molecular formula is C14H21N2. The van der Waals surface area contributed by atoms with Crippen LogP contribution in [0.1, 0.15) is 25.3 Å². The fourth-order valence-corrected chi connectivity index (χ4v) is 2.24. The molecule has 1 saturated heterocycles. The molecule has 2 rings (SSSR count). The van der Waals surface area contributed by atoms with E-state index in [0.29, 0.717) is 5.92 Å². The van der Waals surface area contributed by atoms with Crippen molar-refractivity contribution in [3.8, 4) is 0 Å². The standard InChI is InChI=1S/C14H21N2/c1-12(2)13-6-4-5-7-14(13)16-10-8-15(3)9-11-16/h4,6-7,12H,8-11H2,1-3H3. The average molecular weight is 217 g/mol. The van der Waals surface area contributed by atoms with Crippen LogP contribution in [0.4, 0.5) is 5.69 Å². The number of hydrogen-bond acceptors (Lipinski definition) is 2. The monoisotopic (exact) mass is 217 g/mol. The molecule has 1 aromatic carbocycles. The molecule has 1 heterocycles. The lowest BCUT2D eigenvalue weighted by Crippen LogP contribution is -2.44. The van der Waals surface area contributed by atoms with Crippen molar-refractivity contribution in [1.29, 1.82) is 0 Å². The second-order valence-electron chi connectivity index (χ2n) is 4.93. The Balaban J connectivity index is 2.19. The first-order valence-electron chi connectivity index (χ1n) is 6.12. The zero-order chi connectivity index (χ0) is 11.5. The van der Waals surface area contributed by atoms with E-state index >= 15 is 0 Å². The van der Waals surface area contributed by atoms with Crippen molar-refractivity contribution in [2.45, 2.75) is 19.8 Å². The maximum absolute atomic E-state index is 3.21. The lowest BCUT2D eigenvalue weighted by molar-refractivity contribution is 0.312. The summed E-state index contributed by atoms with van der Waals surface area (Å²) in [6.45, 7) is 9.10. The Morgan fingerprint density at radius 3 is 2.50 bits per heavy atom. The van der Waals surface area contributed by atoms with Crippen LogP contribution in [0.2, 0.25) is 0 Å². The smallest absolute Gasteiger partial charge is 0.0408 e. The van der Waals surface area contributed by atoms with Gasteiger partial charge in [-0.3, -0.25) is 0 Å². The summed E-state index contributed by atoms with van der Waals surface area (Å²) in [6, 6.07) is 9.58. The molecule has 2 heteroatoms. The summed E-state index contributed by atoms with van der Waals surface area (Å²) in [7, 11) is 2.19. The Bertz CT molecular complexity index is 338. The van der Waals surface area contributed by atoms with E-state index in [4.69, 9.17) is 0 Å². The van der Waals surface area contributed by atoms with Gasteiger partial charge < -0.3 is 9.80 Å². The number of likely N-dealkylation sites (N-methyl/N-ethyl adjacent to an activating group) is 1. The fraction of sp³-hybridized carbons (Fsp3) is 0.571.